The molecular formula is C38H49N5O4S. The molecule has 2 fully saturated rings. The van der Waals surface area contributed by atoms with Crippen molar-refractivity contribution in [2.24, 2.45) is 11.3 Å². The van der Waals surface area contributed by atoms with E-state index in [1.165, 1.54) is 11.9 Å². The van der Waals surface area contributed by atoms with Crippen LogP contribution in [0.25, 0.3) is 11.3 Å². The number of anilines is 1. The van der Waals surface area contributed by atoms with Crippen LogP contribution >= 0.6 is 11.9 Å². The maximum Gasteiger partial charge on any atom is 0.407 e. The molecule has 2 amide bonds. The lowest BCUT2D eigenvalue weighted by Gasteiger charge is -2.60. The maximum absolute atomic E-state index is 14.5. The average Bonchev–Trinajstić information content (AvgIpc) is 2.96. The van der Waals surface area contributed by atoms with Crippen molar-refractivity contribution in [3.63, 3.8) is 0 Å². The molecule has 2 saturated carbocycles. The third-order valence-corrected chi connectivity index (χ3v) is 10.5. The molecule has 1 atom stereocenters. The van der Waals surface area contributed by atoms with Crippen molar-refractivity contribution in [1.82, 2.24) is 20.2 Å². The van der Waals surface area contributed by atoms with E-state index >= 15 is 0 Å². The smallest absolute Gasteiger partial charge is 0.407 e. The largest absolute Gasteiger partial charge is 0.475 e. The van der Waals surface area contributed by atoms with Crippen molar-refractivity contribution in [2.75, 3.05) is 11.3 Å². The minimum atomic E-state index is -0.528. The minimum Gasteiger partial charge on any atom is -0.475 e. The predicted octanol–water partition coefficient (Wildman–Crippen LogP) is 8.27. The maximum atomic E-state index is 14.5. The Morgan fingerprint density at radius 1 is 1.08 bits per heavy atom. The first kappa shape index (κ1) is 34.1. The van der Waals surface area contributed by atoms with Crippen LogP contribution in [-0.2, 0) is 4.74 Å². The van der Waals surface area contributed by atoms with Crippen LogP contribution in [0.1, 0.15) is 93.8 Å². The van der Waals surface area contributed by atoms with Crippen LogP contribution in [0.4, 0.5) is 10.7 Å². The summed E-state index contributed by atoms with van der Waals surface area (Å²) in [7, 11) is 0. The molecule has 2 heterocycles. The van der Waals surface area contributed by atoms with Crippen molar-refractivity contribution in [3.05, 3.63) is 64.7 Å². The number of aryl methyl sites for hydroxylation is 2. The molecule has 9 nitrogen and oxygen atoms in total. The van der Waals surface area contributed by atoms with Gasteiger partial charge in [0.1, 0.15) is 12.2 Å². The summed E-state index contributed by atoms with van der Waals surface area (Å²) in [4.78, 5) is 39.7. The number of amides is 2. The predicted molar refractivity (Wildman–Crippen MR) is 190 cm³/mol. The Bertz CT molecular complexity index is 1670. The van der Waals surface area contributed by atoms with E-state index in [1.807, 2.05) is 52.0 Å². The lowest BCUT2D eigenvalue weighted by molar-refractivity contribution is -0.0786. The molecule has 2 aliphatic carbocycles. The average molecular weight is 672 g/mol. The number of benzene rings is 2. The second-order valence-corrected chi connectivity index (χ2v) is 16.3. The Hall–Kier alpha value is -3.79. The SMILES string of the molecule is Cc1cccc(C)c1-c1nc2nc(c1C)OC[C@@H](CC(C)C)N(C1CC3(CC(NC(=O)OC(C)(C)C)C3)C1)C(=O)c1cccc(c1)SN2. The number of ether oxygens (including phenoxy) is 2. The van der Waals surface area contributed by atoms with Gasteiger partial charge in [-0.15, -0.1) is 0 Å². The van der Waals surface area contributed by atoms with Gasteiger partial charge in [0.15, 0.2) is 0 Å². The quantitative estimate of drug-likeness (QED) is 0.261. The van der Waals surface area contributed by atoms with Gasteiger partial charge in [0.2, 0.25) is 11.8 Å². The highest BCUT2D eigenvalue weighted by atomic mass is 32.2. The molecule has 0 unspecified atom stereocenters. The van der Waals surface area contributed by atoms with Crippen LogP contribution in [0.3, 0.4) is 0 Å². The van der Waals surface area contributed by atoms with E-state index in [9.17, 15) is 9.59 Å². The van der Waals surface area contributed by atoms with E-state index in [2.05, 4.69) is 60.8 Å². The fourth-order valence-electron chi connectivity index (χ4n) is 7.70. The molecule has 4 bridgehead atoms. The molecule has 2 aromatic carbocycles. The van der Waals surface area contributed by atoms with Crippen LogP contribution in [0, 0.1) is 32.1 Å². The van der Waals surface area contributed by atoms with E-state index in [-0.39, 0.29) is 35.5 Å². The number of carbonyl (C=O) groups is 2. The molecule has 2 N–H and O–H groups in total. The van der Waals surface area contributed by atoms with Crippen molar-refractivity contribution < 1.29 is 19.1 Å². The Morgan fingerprint density at radius 2 is 1.77 bits per heavy atom. The number of alkyl carbamates (subject to hydrolysis) is 1. The van der Waals surface area contributed by atoms with Crippen LogP contribution in [0.15, 0.2) is 47.4 Å². The summed E-state index contributed by atoms with van der Waals surface area (Å²) >= 11 is 1.39. The normalized spacial score (nSPS) is 23.9. The fraction of sp³-hybridized carbons (Fsp3) is 0.526. The number of hydrogen-bond donors (Lipinski definition) is 2. The van der Waals surface area contributed by atoms with Gasteiger partial charge in [-0.05, 0) is 126 Å². The topological polar surface area (TPSA) is 106 Å². The van der Waals surface area contributed by atoms with Crippen LogP contribution in [-0.4, -0.2) is 57.2 Å². The number of aromatic nitrogens is 2. The van der Waals surface area contributed by atoms with E-state index in [4.69, 9.17) is 19.4 Å². The highest BCUT2D eigenvalue weighted by molar-refractivity contribution is 8.00. The van der Waals surface area contributed by atoms with Crippen LogP contribution < -0.4 is 14.8 Å². The van der Waals surface area contributed by atoms with E-state index in [0.717, 1.165) is 64.9 Å². The molecule has 256 valence electrons. The summed E-state index contributed by atoms with van der Waals surface area (Å²) in [6, 6.07) is 14.1. The van der Waals surface area contributed by atoms with Crippen molar-refractivity contribution >= 4 is 29.9 Å². The first-order valence-electron chi connectivity index (χ1n) is 17.1. The number of carbonyl (C=O) groups excluding carboxylic acids is 2. The summed E-state index contributed by atoms with van der Waals surface area (Å²) in [5, 5.41) is 3.04. The zero-order valence-electron chi connectivity index (χ0n) is 29.5. The number of rotatable bonds is 5. The van der Waals surface area contributed by atoms with Gasteiger partial charge in [0.25, 0.3) is 5.91 Å². The van der Waals surface area contributed by atoms with Gasteiger partial charge in [-0.2, -0.15) is 4.98 Å². The van der Waals surface area contributed by atoms with Gasteiger partial charge >= 0.3 is 6.09 Å². The molecule has 1 aromatic heterocycles. The lowest BCUT2D eigenvalue weighted by atomic mass is 9.51. The standard InChI is InChI=1S/C38H49N5O4S/c1-22(2)15-28-21-46-33-25(5)32(31-23(3)11-9-12-24(31)4)40-35(41-33)42-48-30-14-10-13-26(16-30)34(44)43(28)29-19-38(20-29)17-27(18-38)39-36(45)47-37(6,7)8/h9-14,16,22,27-29H,15,17-21H2,1-8H3,(H,39,45)(H,40,41,42)/t27?,28-,29?,38?/m1/s1. The molecular weight excluding hydrogens is 623 g/mol. The Labute approximate surface area is 289 Å². The molecule has 1 aliphatic heterocycles. The summed E-state index contributed by atoms with van der Waals surface area (Å²) in [5.74, 6) is 1.37. The zero-order valence-corrected chi connectivity index (χ0v) is 30.3. The zero-order chi connectivity index (χ0) is 34.4. The fourth-order valence-corrected chi connectivity index (χ4v) is 8.34. The van der Waals surface area contributed by atoms with Gasteiger partial charge < -0.3 is 19.7 Å². The summed E-state index contributed by atoms with van der Waals surface area (Å²) in [6.45, 7) is 16.6. The van der Waals surface area contributed by atoms with Gasteiger partial charge in [-0.25, -0.2) is 9.78 Å². The lowest BCUT2D eigenvalue weighted by Crippen LogP contribution is -2.64. The van der Waals surface area contributed by atoms with Crippen molar-refractivity contribution in [2.45, 2.75) is 116 Å². The second kappa shape index (κ2) is 13.3. The highest BCUT2D eigenvalue weighted by Gasteiger charge is 2.56. The van der Waals surface area contributed by atoms with Gasteiger partial charge in [-0.3, -0.25) is 9.52 Å². The molecule has 0 radical (unpaired) electrons. The number of fused-ring (bicyclic) bond motifs is 4. The third-order valence-electron chi connectivity index (χ3n) is 9.75. The van der Waals surface area contributed by atoms with Crippen molar-refractivity contribution in [1.29, 1.82) is 0 Å². The molecule has 3 aromatic rings. The molecule has 0 saturated heterocycles. The monoisotopic (exact) mass is 671 g/mol. The number of hydrogen-bond acceptors (Lipinski definition) is 8. The van der Waals surface area contributed by atoms with Gasteiger partial charge in [0.05, 0.1) is 11.7 Å². The van der Waals surface area contributed by atoms with Gasteiger partial charge in [0, 0.05) is 33.7 Å². The summed E-state index contributed by atoms with van der Waals surface area (Å²) < 4.78 is 15.4. The Balaban J connectivity index is 1.30. The van der Waals surface area contributed by atoms with Crippen molar-refractivity contribution in [3.8, 4) is 17.1 Å². The summed E-state index contributed by atoms with van der Waals surface area (Å²) in [6.07, 6.45) is 4.05. The first-order chi connectivity index (χ1) is 22.7. The third kappa shape index (κ3) is 7.28. The molecule has 3 aliphatic rings. The summed E-state index contributed by atoms with van der Waals surface area (Å²) in [5.41, 5.74) is 5.34. The highest BCUT2D eigenvalue weighted by Crippen LogP contribution is 2.58. The van der Waals surface area contributed by atoms with E-state index in [0.29, 0.717) is 29.9 Å². The van der Waals surface area contributed by atoms with Gasteiger partial charge in [-0.1, -0.05) is 38.1 Å². The molecule has 6 rings (SSSR count). The van der Waals surface area contributed by atoms with E-state index in [1.54, 1.807) is 0 Å². The van der Waals surface area contributed by atoms with Crippen LogP contribution in [0.2, 0.25) is 0 Å². The second-order valence-electron chi connectivity index (χ2n) is 15.4. The number of nitrogens with zero attached hydrogens (tertiary/aromatic N) is 3. The first-order valence-corrected chi connectivity index (χ1v) is 17.9. The molecule has 1 spiro atoms. The van der Waals surface area contributed by atoms with Crippen LogP contribution in [0.5, 0.6) is 5.88 Å². The molecule has 48 heavy (non-hydrogen) atoms. The Morgan fingerprint density at radius 3 is 2.44 bits per heavy atom. The minimum absolute atomic E-state index is 0.0271. The Kier molecular flexibility index (Phi) is 9.41. The number of nitrogens with one attached hydrogen (secondary N) is 2. The van der Waals surface area contributed by atoms with E-state index < -0.39 is 5.60 Å². The molecule has 10 heteroatoms.